The highest BCUT2D eigenvalue weighted by Gasteiger charge is 2.34. The first-order valence-electron chi connectivity index (χ1n) is 15.9. The number of hydrogen-bond donors (Lipinski definition) is 1. The predicted molar refractivity (Wildman–Crippen MR) is 171 cm³/mol. The summed E-state index contributed by atoms with van der Waals surface area (Å²) >= 11 is 0. The minimum absolute atomic E-state index is 0.413. The quantitative estimate of drug-likeness (QED) is 0.244. The molecule has 1 saturated carbocycles. The Kier molecular flexibility index (Phi) is 9.63. The molecular weight excluding hydrogens is 484 g/mol. The molecule has 0 amide bonds. The highest BCUT2D eigenvalue weighted by Crippen LogP contribution is 2.48. The summed E-state index contributed by atoms with van der Waals surface area (Å²) in [6.07, 6.45) is 20.4. The van der Waals surface area contributed by atoms with E-state index in [1.54, 1.807) is 11.1 Å². The van der Waals surface area contributed by atoms with Crippen molar-refractivity contribution < 1.29 is 5.11 Å². The minimum atomic E-state index is 0.413. The zero-order valence-corrected chi connectivity index (χ0v) is 25.0. The molecule has 1 nitrogen and oxygen atoms in total. The Balaban J connectivity index is 1.35. The van der Waals surface area contributed by atoms with Crippen LogP contribution in [0.25, 0.3) is 12.2 Å². The zero-order valence-electron chi connectivity index (χ0n) is 25.0. The third kappa shape index (κ3) is 6.46. The Labute approximate surface area is 242 Å². The normalized spacial score (nSPS) is 18.6. The van der Waals surface area contributed by atoms with Crippen molar-refractivity contribution in [2.75, 3.05) is 0 Å². The van der Waals surface area contributed by atoms with Gasteiger partial charge in [0.05, 0.1) is 0 Å². The van der Waals surface area contributed by atoms with Crippen LogP contribution in [0.2, 0.25) is 0 Å². The summed E-state index contributed by atoms with van der Waals surface area (Å²) in [6.45, 7) is 6.78. The molecule has 0 heterocycles. The van der Waals surface area contributed by atoms with E-state index in [0.717, 1.165) is 30.7 Å². The van der Waals surface area contributed by atoms with Gasteiger partial charge < -0.3 is 5.11 Å². The van der Waals surface area contributed by atoms with Gasteiger partial charge in [0.2, 0.25) is 0 Å². The molecular formula is C39H48O. The summed E-state index contributed by atoms with van der Waals surface area (Å²) in [5.74, 6) is 2.39. The van der Waals surface area contributed by atoms with E-state index < -0.39 is 0 Å². The van der Waals surface area contributed by atoms with E-state index in [2.05, 4.69) is 93.6 Å². The molecule has 2 unspecified atom stereocenters. The van der Waals surface area contributed by atoms with Crippen LogP contribution in [0.3, 0.4) is 0 Å². The van der Waals surface area contributed by atoms with E-state index in [4.69, 9.17) is 0 Å². The van der Waals surface area contributed by atoms with E-state index in [0.29, 0.717) is 17.6 Å². The molecule has 0 radical (unpaired) electrons. The van der Waals surface area contributed by atoms with Crippen molar-refractivity contribution in [3.8, 4) is 5.75 Å². The Bertz CT molecular complexity index is 1420. The van der Waals surface area contributed by atoms with Crippen molar-refractivity contribution in [2.45, 2.75) is 103 Å². The van der Waals surface area contributed by atoms with Crippen LogP contribution in [-0.2, 0) is 6.42 Å². The van der Waals surface area contributed by atoms with Crippen LogP contribution in [0, 0.1) is 12.8 Å². The number of phenols is 1. The first-order valence-corrected chi connectivity index (χ1v) is 15.9. The topological polar surface area (TPSA) is 20.2 Å². The number of allylic oxidation sites excluding steroid dienone is 2. The van der Waals surface area contributed by atoms with E-state index in [9.17, 15) is 5.11 Å². The highest BCUT2D eigenvalue weighted by molar-refractivity contribution is 5.49. The maximum absolute atomic E-state index is 10.9. The van der Waals surface area contributed by atoms with Gasteiger partial charge >= 0.3 is 0 Å². The molecule has 0 saturated heterocycles. The van der Waals surface area contributed by atoms with Crippen molar-refractivity contribution in [3.05, 3.63) is 111 Å². The van der Waals surface area contributed by atoms with E-state index in [-0.39, 0.29) is 0 Å². The number of aromatic hydroxyl groups is 1. The van der Waals surface area contributed by atoms with Crippen LogP contribution in [0.1, 0.15) is 118 Å². The zero-order chi connectivity index (χ0) is 27.9. The number of rotatable bonds is 11. The molecule has 1 N–H and O–H groups in total. The predicted octanol–water partition coefficient (Wildman–Crippen LogP) is 9.23. The SMILES string of the molecule is CCCCC(CCCC)c1ccc(C2CCC2C2=CCC=c3ccc(O)c(Cc4ccccc4C)c3=CC2)cc1. The minimum Gasteiger partial charge on any atom is -0.508 e. The molecule has 40 heavy (non-hydrogen) atoms. The average Bonchev–Trinajstić information content (AvgIpc) is 2.93. The summed E-state index contributed by atoms with van der Waals surface area (Å²) in [6, 6.07) is 22.3. The van der Waals surface area contributed by atoms with Crippen LogP contribution >= 0.6 is 0 Å². The third-order valence-corrected chi connectivity index (χ3v) is 9.65. The molecule has 0 bridgehead atoms. The van der Waals surface area contributed by atoms with Gasteiger partial charge in [0, 0.05) is 12.0 Å². The van der Waals surface area contributed by atoms with Crippen molar-refractivity contribution >= 4 is 12.2 Å². The number of aryl methyl sites for hydroxylation is 1. The lowest BCUT2D eigenvalue weighted by molar-refractivity contribution is 0.296. The number of unbranched alkanes of at least 4 members (excludes halogenated alkanes) is 2. The molecule has 5 rings (SSSR count). The van der Waals surface area contributed by atoms with Gasteiger partial charge in [0.15, 0.2) is 0 Å². The van der Waals surface area contributed by atoms with E-state index in [1.165, 1.54) is 78.5 Å². The fourth-order valence-electron chi connectivity index (χ4n) is 6.96. The Morgan fingerprint density at radius 3 is 2.20 bits per heavy atom. The average molecular weight is 533 g/mol. The number of phenolic OH excluding ortho intramolecular Hbond substituents is 1. The fourth-order valence-corrected chi connectivity index (χ4v) is 6.96. The lowest BCUT2D eigenvalue weighted by Crippen LogP contribution is -2.31. The van der Waals surface area contributed by atoms with Crippen LogP contribution in [0.15, 0.2) is 72.3 Å². The summed E-state index contributed by atoms with van der Waals surface area (Å²) in [5.41, 5.74) is 8.27. The summed E-state index contributed by atoms with van der Waals surface area (Å²) in [4.78, 5) is 0. The molecule has 1 fully saturated rings. The van der Waals surface area contributed by atoms with Crippen LogP contribution in [-0.4, -0.2) is 5.11 Å². The molecule has 210 valence electrons. The maximum atomic E-state index is 10.9. The van der Waals surface area contributed by atoms with Gasteiger partial charge in [-0.05, 0) is 102 Å². The maximum Gasteiger partial charge on any atom is 0.119 e. The second-order valence-electron chi connectivity index (χ2n) is 12.2. The molecule has 0 spiro atoms. The Morgan fingerprint density at radius 1 is 0.800 bits per heavy atom. The van der Waals surface area contributed by atoms with Crippen LogP contribution < -0.4 is 10.4 Å². The molecule has 2 atom stereocenters. The number of fused-ring (bicyclic) bond motifs is 1. The van der Waals surface area contributed by atoms with Crippen molar-refractivity contribution in [1.82, 2.24) is 0 Å². The van der Waals surface area contributed by atoms with Crippen LogP contribution in [0.5, 0.6) is 5.75 Å². The molecule has 1 heteroatoms. The lowest BCUT2D eigenvalue weighted by Gasteiger charge is -2.39. The van der Waals surface area contributed by atoms with E-state index >= 15 is 0 Å². The molecule has 3 aromatic carbocycles. The number of hydrogen-bond acceptors (Lipinski definition) is 1. The fraction of sp³-hybridized carbons (Fsp3) is 0.436. The second kappa shape index (κ2) is 13.5. The van der Waals surface area contributed by atoms with Crippen molar-refractivity contribution in [2.24, 2.45) is 5.92 Å². The summed E-state index contributed by atoms with van der Waals surface area (Å²) in [7, 11) is 0. The number of benzene rings is 3. The molecule has 0 aromatic heterocycles. The van der Waals surface area contributed by atoms with Gasteiger partial charge in [-0.25, -0.2) is 0 Å². The molecule has 2 aliphatic rings. The molecule has 0 aliphatic heterocycles. The van der Waals surface area contributed by atoms with Gasteiger partial charge in [0.1, 0.15) is 5.75 Å². The first-order chi connectivity index (χ1) is 19.6. The standard InChI is InChI=1S/C39H48O/c1-4-6-12-29(13-7-5-2)30-17-19-33(20-18-30)36-25-24-35(36)31-15-10-16-32-22-26-39(40)38(37(32)23-21-31)27-34-14-9-8-11-28(34)3/h8-9,11,14-20,22-23,26,29,35-36,40H,4-7,10,12-13,21,24-25,27H2,1-3H3. The largest absolute Gasteiger partial charge is 0.508 e. The van der Waals surface area contributed by atoms with Gasteiger partial charge in [-0.15, -0.1) is 0 Å². The third-order valence-electron chi connectivity index (χ3n) is 9.65. The summed E-state index contributed by atoms with van der Waals surface area (Å²) in [5, 5.41) is 13.4. The van der Waals surface area contributed by atoms with Crippen LogP contribution in [0.4, 0.5) is 0 Å². The molecule has 2 aliphatic carbocycles. The van der Waals surface area contributed by atoms with Gasteiger partial charge in [0.25, 0.3) is 0 Å². The van der Waals surface area contributed by atoms with Crippen molar-refractivity contribution in [1.29, 1.82) is 0 Å². The van der Waals surface area contributed by atoms with Gasteiger partial charge in [-0.3, -0.25) is 0 Å². The van der Waals surface area contributed by atoms with E-state index in [1.807, 2.05) is 6.07 Å². The monoisotopic (exact) mass is 532 g/mol. The second-order valence-corrected chi connectivity index (χ2v) is 12.2. The van der Waals surface area contributed by atoms with Gasteiger partial charge in [-0.2, -0.15) is 0 Å². The lowest BCUT2D eigenvalue weighted by atomic mass is 9.65. The Morgan fingerprint density at radius 2 is 1.52 bits per heavy atom. The van der Waals surface area contributed by atoms with Gasteiger partial charge in [-0.1, -0.05) is 118 Å². The first kappa shape index (κ1) is 28.5. The smallest absolute Gasteiger partial charge is 0.119 e. The van der Waals surface area contributed by atoms with Crippen molar-refractivity contribution in [3.63, 3.8) is 0 Å². The Hall–Kier alpha value is -3.06. The summed E-state index contributed by atoms with van der Waals surface area (Å²) < 4.78 is 0. The molecule has 3 aromatic rings. The highest BCUT2D eigenvalue weighted by atomic mass is 16.3.